The van der Waals surface area contributed by atoms with Gasteiger partial charge in [-0.15, -0.1) is 11.8 Å². The molecule has 1 amide bonds. The van der Waals surface area contributed by atoms with E-state index in [1.165, 1.54) is 4.90 Å². The summed E-state index contributed by atoms with van der Waals surface area (Å²) >= 11 is 1.70. The van der Waals surface area contributed by atoms with Crippen LogP contribution < -0.4 is 15.1 Å². The maximum absolute atomic E-state index is 13.0. The molecule has 6 nitrogen and oxygen atoms in total. The van der Waals surface area contributed by atoms with E-state index < -0.39 is 0 Å². The largest absolute Gasteiger partial charge is 0.327 e. The van der Waals surface area contributed by atoms with Crippen LogP contribution in [0.15, 0.2) is 53.6 Å². The van der Waals surface area contributed by atoms with Crippen molar-refractivity contribution >= 4 is 46.5 Å². The third-order valence-corrected chi connectivity index (χ3v) is 5.57. The van der Waals surface area contributed by atoms with Gasteiger partial charge in [0.1, 0.15) is 5.69 Å². The quantitative estimate of drug-likeness (QED) is 0.658. The Labute approximate surface area is 168 Å². The van der Waals surface area contributed by atoms with Crippen molar-refractivity contribution in [3.05, 3.63) is 59.8 Å². The Hall–Kier alpha value is -3.06. The van der Waals surface area contributed by atoms with Gasteiger partial charge in [0.15, 0.2) is 5.82 Å². The summed E-state index contributed by atoms with van der Waals surface area (Å²) in [5, 5.41) is 3.24. The summed E-state index contributed by atoms with van der Waals surface area (Å²) in [4.78, 5) is 26.8. The number of fused-ring (bicyclic) bond motifs is 2. The molecular weight excluding hydrogens is 370 g/mol. The van der Waals surface area contributed by atoms with E-state index in [-0.39, 0.29) is 5.91 Å². The van der Waals surface area contributed by atoms with E-state index >= 15 is 0 Å². The fourth-order valence-corrected chi connectivity index (χ4v) is 3.64. The molecule has 0 atom stereocenters. The molecular formula is C21H21N5OS. The van der Waals surface area contributed by atoms with Gasteiger partial charge >= 0.3 is 0 Å². The van der Waals surface area contributed by atoms with E-state index in [1.807, 2.05) is 67.6 Å². The maximum Gasteiger partial charge on any atom is 0.260 e. The number of thioether (sulfide) groups is 1. The minimum absolute atomic E-state index is 0.0683. The number of nitrogens with zero attached hydrogens (tertiary/aromatic N) is 4. The number of amides is 1. The Balaban J connectivity index is 1.74. The molecule has 1 aliphatic rings. The fraction of sp³-hybridized carbons (Fsp3) is 0.190. The first-order valence-electron chi connectivity index (χ1n) is 8.88. The summed E-state index contributed by atoms with van der Waals surface area (Å²) in [6.07, 6.45) is 3.74. The Bertz CT molecular complexity index is 1050. The van der Waals surface area contributed by atoms with Gasteiger partial charge in [-0.05, 0) is 49.6 Å². The standard InChI is InChI=1S/C21H21N5OS/c1-13-5-10-17-16(11-13)20(27)26(3)18-12-22-21(24-19(18)25(17)2)23-14-6-8-15(28-4)9-7-14/h5-12H,1-4H3,(H,22,23,24). The molecule has 3 aromatic rings. The molecule has 142 valence electrons. The smallest absolute Gasteiger partial charge is 0.260 e. The number of nitrogens with one attached hydrogen (secondary N) is 1. The molecule has 4 rings (SSSR count). The average Bonchev–Trinajstić information content (AvgIpc) is 2.79. The van der Waals surface area contributed by atoms with Gasteiger partial charge in [-0.3, -0.25) is 4.79 Å². The first-order valence-corrected chi connectivity index (χ1v) is 10.1. The van der Waals surface area contributed by atoms with Crippen LogP contribution in [0.1, 0.15) is 15.9 Å². The van der Waals surface area contributed by atoms with Gasteiger partial charge in [0.2, 0.25) is 5.95 Å². The van der Waals surface area contributed by atoms with Crippen molar-refractivity contribution in [3.8, 4) is 0 Å². The van der Waals surface area contributed by atoms with E-state index in [0.717, 1.165) is 16.9 Å². The minimum atomic E-state index is -0.0683. The number of hydrogen-bond acceptors (Lipinski definition) is 6. The lowest BCUT2D eigenvalue weighted by molar-refractivity contribution is 0.0994. The minimum Gasteiger partial charge on any atom is -0.327 e. The van der Waals surface area contributed by atoms with Crippen LogP contribution in [0.25, 0.3) is 0 Å². The molecule has 28 heavy (non-hydrogen) atoms. The Morgan fingerprint density at radius 1 is 1.00 bits per heavy atom. The van der Waals surface area contributed by atoms with Gasteiger partial charge < -0.3 is 15.1 Å². The van der Waals surface area contributed by atoms with E-state index in [9.17, 15) is 4.79 Å². The van der Waals surface area contributed by atoms with Crippen LogP contribution >= 0.6 is 11.8 Å². The number of anilines is 5. The summed E-state index contributed by atoms with van der Waals surface area (Å²) in [5.74, 6) is 1.09. The zero-order chi connectivity index (χ0) is 19.8. The molecule has 7 heteroatoms. The van der Waals surface area contributed by atoms with Crippen LogP contribution in [0.3, 0.4) is 0 Å². The monoisotopic (exact) mass is 391 g/mol. The molecule has 0 bridgehead atoms. The number of aryl methyl sites for hydroxylation is 1. The second kappa shape index (κ2) is 7.16. The van der Waals surface area contributed by atoms with Crippen molar-refractivity contribution < 1.29 is 4.79 Å². The predicted molar refractivity (Wildman–Crippen MR) is 116 cm³/mol. The van der Waals surface area contributed by atoms with Gasteiger partial charge in [-0.2, -0.15) is 4.98 Å². The highest BCUT2D eigenvalue weighted by Crippen LogP contribution is 2.38. The molecule has 0 unspecified atom stereocenters. The summed E-state index contributed by atoms with van der Waals surface area (Å²) in [7, 11) is 3.67. The van der Waals surface area contributed by atoms with Crippen LogP contribution in [0.2, 0.25) is 0 Å². The predicted octanol–water partition coefficient (Wildman–Crippen LogP) is 4.61. The van der Waals surface area contributed by atoms with Crippen LogP contribution in [-0.4, -0.2) is 36.2 Å². The number of hydrogen-bond donors (Lipinski definition) is 1. The summed E-state index contributed by atoms with van der Waals surface area (Å²) in [5.41, 5.74) is 4.11. The zero-order valence-electron chi connectivity index (χ0n) is 16.2. The second-order valence-corrected chi connectivity index (χ2v) is 7.58. The Kier molecular flexibility index (Phi) is 4.68. The van der Waals surface area contributed by atoms with Crippen LogP contribution in [0.4, 0.5) is 28.8 Å². The number of carbonyl (C=O) groups excluding carboxylic acids is 1. The van der Waals surface area contributed by atoms with Crippen LogP contribution in [0, 0.1) is 6.92 Å². The van der Waals surface area contributed by atoms with Crippen molar-refractivity contribution in [2.24, 2.45) is 0 Å². The lowest BCUT2D eigenvalue weighted by Crippen LogP contribution is -2.25. The maximum atomic E-state index is 13.0. The van der Waals surface area contributed by atoms with Crippen LogP contribution in [0.5, 0.6) is 0 Å². The first kappa shape index (κ1) is 18.3. The van der Waals surface area contributed by atoms with Crippen molar-refractivity contribution in [2.45, 2.75) is 11.8 Å². The molecule has 1 aliphatic heterocycles. The SMILES string of the molecule is CSc1ccc(Nc2ncc3c(n2)N(C)c2ccc(C)cc2C(=O)N3C)cc1. The average molecular weight is 392 g/mol. The molecule has 2 aromatic carbocycles. The van der Waals surface area contributed by atoms with E-state index in [4.69, 9.17) is 4.98 Å². The Morgan fingerprint density at radius 3 is 2.46 bits per heavy atom. The van der Waals surface area contributed by atoms with E-state index in [2.05, 4.69) is 10.3 Å². The van der Waals surface area contributed by atoms with E-state index in [0.29, 0.717) is 23.0 Å². The number of benzene rings is 2. The molecule has 0 radical (unpaired) electrons. The number of rotatable bonds is 3. The number of aromatic nitrogens is 2. The summed E-state index contributed by atoms with van der Waals surface area (Å²) in [6.45, 7) is 1.98. The lowest BCUT2D eigenvalue weighted by Gasteiger charge is -2.21. The third kappa shape index (κ3) is 3.18. The molecule has 0 saturated carbocycles. The lowest BCUT2D eigenvalue weighted by atomic mass is 10.1. The number of carbonyl (C=O) groups is 1. The van der Waals surface area contributed by atoms with Gasteiger partial charge in [0, 0.05) is 24.7 Å². The summed E-state index contributed by atoms with van der Waals surface area (Å²) in [6, 6.07) is 14.0. The Morgan fingerprint density at radius 2 is 1.75 bits per heavy atom. The summed E-state index contributed by atoms with van der Waals surface area (Å²) < 4.78 is 0. The molecule has 2 heterocycles. The first-order chi connectivity index (χ1) is 13.5. The molecule has 1 aromatic heterocycles. The third-order valence-electron chi connectivity index (χ3n) is 4.82. The van der Waals surface area contributed by atoms with Gasteiger partial charge in [0.05, 0.1) is 17.4 Å². The van der Waals surface area contributed by atoms with Crippen molar-refractivity contribution in [1.29, 1.82) is 0 Å². The molecule has 0 aliphatic carbocycles. The zero-order valence-corrected chi connectivity index (χ0v) is 17.0. The molecule has 0 spiro atoms. The van der Waals surface area contributed by atoms with Crippen molar-refractivity contribution in [1.82, 2.24) is 9.97 Å². The van der Waals surface area contributed by atoms with Crippen molar-refractivity contribution in [3.63, 3.8) is 0 Å². The molecule has 0 saturated heterocycles. The van der Waals surface area contributed by atoms with Crippen molar-refractivity contribution in [2.75, 3.05) is 35.5 Å². The van der Waals surface area contributed by atoms with Crippen LogP contribution in [-0.2, 0) is 0 Å². The molecule has 0 fully saturated rings. The van der Waals surface area contributed by atoms with Gasteiger partial charge in [-0.1, -0.05) is 11.6 Å². The van der Waals surface area contributed by atoms with E-state index in [1.54, 1.807) is 29.9 Å². The highest BCUT2D eigenvalue weighted by molar-refractivity contribution is 7.98. The van der Waals surface area contributed by atoms with Gasteiger partial charge in [-0.25, -0.2) is 4.98 Å². The fourth-order valence-electron chi connectivity index (χ4n) is 3.23. The highest BCUT2D eigenvalue weighted by atomic mass is 32.2. The normalized spacial score (nSPS) is 13.1. The topological polar surface area (TPSA) is 61.4 Å². The van der Waals surface area contributed by atoms with Gasteiger partial charge in [0.25, 0.3) is 5.91 Å². The molecule has 1 N–H and O–H groups in total. The second-order valence-electron chi connectivity index (χ2n) is 6.70. The highest BCUT2D eigenvalue weighted by Gasteiger charge is 2.29.